The summed E-state index contributed by atoms with van der Waals surface area (Å²) in [6, 6.07) is 15.7. The smallest absolute Gasteiger partial charge is 0.257 e. The number of nitrogens with zero attached hydrogens (tertiary/aromatic N) is 5. The molecular formula is C21H16N6OS. The van der Waals surface area contributed by atoms with E-state index in [1.54, 1.807) is 39.1 Å². The van der Waals surface area contributed by atoms with Crippen molar-refractivity contribution < 1.29 is 4.79 Å². The zero-order chi connectivity index (χ0) is 19.6. The molecule has 1 aromatic carbocycles. The van der Waals surface area contributed by atoms with E-state index in [4.69, 9.17) is 0 Å². The van der Waals surface area contributed by atoms with Gasteiger partial charge < -0.3 is 5.32 Å². The van der Waals surface area contributed by atoms with E-state index in [2.05, 4.69) is 20.5 Å². The summed E-state index contributed by atoms with van der Waals surface area (Å²) in [5.41, 5.74) is 3.77. The van der Waals surface area contributed by atoms with Crippen LogP contribution in [-0.4, -0.2) is 30.3 Å². The van der Waals surface area contributed by atoms with Gasteiger partial charge in [0.25, 0.3) is 5.91 Å². The van der Waals surface area contributed by atoms with Crippen LogP contribution >= 0.6 is 11.3 Å². The molecule has 5 rings (SSSR count). The Hall–Kier alpha value is -3.78. The number of fused-ring (bicyclic) bond motifs is 1. The van der Waals surface area contributed by atoms with Crippen LogP contribution in [0.4, 0.5) is 0 Å². The summed E-state index contributed by atoms with van der Waals surface area (Å²) < 4.78 is 3.49. The molecule has 0 atom stereocenters. The highest BCUT2D eigenvalue weighted by atomic mass is 32.1. The molecule has 0 fully saturated rings. The normalized spacial score (nSPS) is 11.0. The van der Waals surface area contributed by atoms with Gasteiger partial charge in [-0.3, -0.25) is 4.79 Å². The van der Waals surface area contributed by atoms with Gasteiger partial charge in [0.05, 0.1) is 28.7 Å². The Morgan fingerprint density at radius 2 is 1.93 bits per heavy atom. The molecule has 0 saturated heterocycles. The van der Waals surface area contributed by atoms with Crippen LogP contribution in [0.25, 0.3) is 21.9 Å². The largest absolute Gasteiger partial charge is 0.348 e. The highest BCUT2D eigenvalue weighted by Gasteiger charge is 2.16. The first-order valence-electron chi connectivity index (χ1n) is 9.03. The molecule has 7 nitrogen and oxygen atoms in total. The SMILES string of the molecule is O=C(NCc1cnn(-c2ccccc2)c1)c1cnn2c(-c3cccs3)ccnc12. The van der Waals surface area contributed by atoms with Gasteiger partial charge in [-0.05, 0) is 29.6 Å². The molecule has 0 radical (unpaired) electrons. The minimum atomic E-state index is -0.219. The number of hydrogen-bond donors (Lipinski definition) is 1. The molecule has 4 aromatic heterocycles. The fourth-order valence-electron chi connectivity index (χ4n) is 3.11. The van der Waals surface area contributed by atoms with Crippen molar-refractivity contribution in [3.63, 3.8) is 0 Å². The molecule has 0 aliphatic rings. The fraction of sp³-hybridized carbons (Fsp3) is 0.0476. The van der Waals surface area contributed by atoms with Crippen molar-refractivity contribution in [2.45, 2.75) is 6.54 Å². The lowest BCUT2D eigenvalue weighted by molar-refractivity contribution is 0.0952. The molecule has 0 unspecified atom stereocenters. The van der Waals surface area contributed by atoms with Crippen LogP contribution in [0.15, 0.2) is 78.7 Å². The van der Waals surface area contributed by atoms with Gasteiger partial charge in [0.2, 0.25) is 0 Å². The number of rotatable bonds is 5. The zero-order valence-electron chi connectivity index (χ0n) is 15.3. The van der Waals surface area contributed by atoms with Gasteiger partial charge in [-0.1, -0.05) is 24.3 Å². The number of amides is 1. The number of carbonyl (C=O) groups excluding carboxylic acids is 1. The van der Waals surface area contributed by atoms with E-state index in [0.29, 0.717) is 17.8 Å². The Labute approximate surface area is 170 Å². The quantitative estimate of drug-likeness (QED) is 0.489. The van der Waals surface area contributed by atoms with Crippen molar-refractivity contribution >= 4 is 22.9 Å². The molecule has 1 amide bonds. The predicted molar refractivity (Wildman–Crippen MR) is 111 cm³/mol. The first-order chi connectivity index (χ1) is 14.3. The monoisotopic (exact) mass is 400 g/mol. The lowest BCUT2D eigenvalue weighted by Crippen LogP contribution is -2.22. The maximum atomic E-state index is 12.7. The van der Waals surface area contributed by atoms with E-state index in [-0.39, 0.29) is 5.91 Å². The van der Waals surface area contributed by atoms with E-state index >= 15 is 0 Å². The summed E-state index contributed by atoms with van der Waals surface area (Å²) in [6.07, 6.45) is 6.91. The standard InChI is InChI=1S/C21H16N6OS/c28-21(23-11-15-12-24-26(14-15)16-5-2-1-3-6-16)17-13-25-27-18(8-9-22-20(17)27)19-7-4-10-29-19/h1-10,12-14H,11H2,(H,23,28). The Balaban J connectivity index is 1.35. The van der Waals surface area contributed by atoms with Crippen LogP contribution in [0.1, 0.15) is 15.9 Å². The number of para-hydroxylation sites is 1. The van der Waals surface area contributed by atoms with E-state index < -0.39 is 0 Å². The second kappa shape index (κ2) is 7.33. The Kier molecular flexibility index (Phi) is 4.38. The van der Waals surface area contributed by atoms with Gasteiger partial charge in [-0.2, -0.15) is 10.2 Å². The van der Waals surface area contributed by atoms with E-state index in [0.717, 1.165) is 21.8 Å². The molecule has 0 aliphatic carbocycles. The number of thiophene rings is 1. The van der Waals surface area contributed by atoms with E-state index in [1.165, 1.54) is 0 Å². The summed E-state index contributed by atoms with van der Waals surface area (Å²) in [6.45, 7) is 0.369. The van der Waals surface area contributed by atoms with E-state index in [1.807, 2.05) is 60.1 Å². The Morgan fingerprint density at radius 3 is 2.76 bits per heavy atom. The van der Waals surface area contributed by atoms with Crippen molar-refractivity contribution in [3.05, 3.63) is 89.8 Å². The first-order valence-corrected chi connectivity index (χ1v) is 9.91. The van der Waals surface area contributed by atoms with Crippen molar-refractivity contribution in [3.8, 4) is 16.3 Å². The van der Waals surface area contributed by atoms with Gasteiger partial charge >= 0.3 is 0 Å². The van der Waals surface area contributed by atoms with Gasteiger partial charge in [0, 0.05) is 24.5 Å². The van der Waals surface area contributed by atoms with Crippen LogP contribution in [-0.2, 0) is 6.54 Å². The van der Waals surface area contributed by atoms with Gasteiger partial charge in [-0.15, -0.1) is 11.3 Å². The summed E-state index contributed by atoms with van der Waals surface area (Å²) in [5.74, 6) is -0.219. The first kappa shape index (κ1) is 17.3. The minimum absolute atomic E-state index is 0.219. The number of benzene rings is 1. The molecule has 8 heteroatoms. The lowest BCUT2D eigenvalue weighted by Gasteiger charge is -2.04. The molecule has 29 heavy (non-hydrogen) atoms. The number of carbonyl (C=O) groups is 1. The van der Waals surface area contributed by atoms with Gasteiger partial charge in [0.15, 0.2) is 5.65 Å². The number of hydrogen-bond acceptors (Lipinski definition) is 5. The third kappa shape index (κ3) is 3.30. The average Bonchev–Trinajstić information content (AvgIpc) is 3.53. The lowest BCUT2D eigenvalue weighted by atomic mass is 10.2. The molecule has 1 N–H and O–H groups in total. The molecule has 0 spiro atoms. The highest BCUT2D eigenvalue weighted by Crippen LogP contribution is 2.25. The maximum Gasteiger partial charge on any atom is 0.257 e. The van der Waals surface area contributed by atoms with E-state index in [9.17, 15) is 4.79 Å². The fourth-order valence-corrected chi connectivity index (χ4v) is 3.85. The van der Waals surface area contributed by atoms with Gasteiger partial charge in [0.1, 0.15) is 5.56 Å². The van der Waals surface area contributed by atoms with Crippen LogP contribution in [0.3, 0.4) is 0 Å². The highest BCUT2D eigenvalue weighted by molar-refractivity contribution is 7.13. The molecular weight excluding hydrogens is 384 g/mol. The van der Waals surface area contributed by atoms with Crippen LogP contribution < -0.4 is 5.32 Å². The van der Waals surface area contributed by atoms with Crippen molar-refractivity contribution in [1.29, 1.82) is 0 Å². The van der Waals surface area contributed by atoms with Crippen molar-refractivity contribution in [1.82, 2.24) is 29.7 Å². The molecule has 142 valence electrons. The predicted octanol–water partition coefficient (Wildman–Crippen LogP) is 3.57. The Bertz CT molecular complexity index is 1270. The summed E-state index contributed by atoms with van der Waals surface area (Å²) in [5, 5.41) is 13.7. The van der Waals surface area contributed by atoms with Gasteiger partial charge in [-0.25, -0.2) is 14.2 Å². The van der Waals surface area contributed by atoms with Crippen LogP contribution in [0.2, 0.25) is 0 Å². The van der Waals surface area contributed by atoms with Crippen LogP contribution in [0.5, 0.6) is 0 Å². The summed E-state index contributed by atoms with van der Waals surface area (Å²) in [4.78, 5) is 18.2. The maximum absolute atomic E-state index is 12.7. The topological polar surface area (TPSA) is 77.1 Å². The third-order valence-electron chi connectivity index (χ3n) is 4.53. The third-order valence-corrected chi connectivity index (χ3v) is 5.42. The second-order valence-electron chi connectivity index (χ2n) is 6.41. The molecule has 0 aliphatic heterocycles. The minimum Gasteiger partial charge on any atom is -0.348 e. The van der Waals surface area contributed by atoms with Crippen LogP contribution in [0, 0.1) is 0 Å². The van der Waals surface area contributed by atoms with Crippen molar-refractivity contribution in [2.24, 2.45) is 0 Å². The Morgan fingerprint density at radius 1 is 1.03 bits per heavy atom. The average molecular weight is 400 g/mol. The van der Waals surface area contributed by atoms with Crippen molar-refractivity contribution in [2.75, 3.05) is 0 Å². The zero-order valence-corrected chi connectivity index (χ0v) is 16.1. The summed E-state index contributed by atoms with van der Waals surface area (Å²) >= 11 is 1.62. The molecule has 4 heterocycles. The molecule has 5 aromatic rings. The number of aromatic nitrogens is 5. The summed E-state index contributed by atoms with van der Waals surface area (Å²) in [7, 11) is 0. The second-order valence-corrected chi connectivity index (χ2v) is 7.36. The molecule has 0 bridgehead atoms. The molecule has 0 saturated carbocycles. The number of nitrogens with one attached hydrogen (secondary N) is 1.